The smallest absolute Gasteiger partial charge is 0.144 e. The molecule has 0 saturated heterocycles. The van der Waals surface area contributed by atoms with Gasteiger partial charge in [0, 0.05) is 23.2 Å². The first-order valence-corrected chi connectivity index (χ1v) is 6.96. The predicted octanol–water partition coefficient (Wildman–Crippen LogP) is 2.63. The Kier molecular flexibility index (Phi) is 4.51. The van der Waals surface area contributed by atoms with Gasteiger partial charge in [-0.1, -0.05) is 6.92 Å². The number of nitrogens with two attached hydrogens (primary N) is 1. The number of halogens is 1. The Bertz CT molecular complexity index is 509. The SMILES string of the molecule is CCc1nc(NN)cc(Sc2ccc(Br)cn2)n1. The Morgan fingerprint density at radius 3 is 2.78 bits per heavy atom. The minimum atomic E-state index is 0.612. The Morgan fingerprint density at radius 1 is 1.33 bits per heavy atom. The first kappa shape index (κ1) is 13.3. The van der Waals surface area contributed by atoms with Crippen LogP contribution in [-0.2, 0) is 6.42 Å². The van der Waals surface area contributed by atoms with Gasteiger partial charge in [0.1, 0.15) is 21.7 Å². The molecule has 0 aliphatic carbocycles. The summed E-state index contributed by atoms with van der Waals surface area (Å²) in [6.45, 7) is 2.00. The number of nitrogens with one attached hydrogen (secondary N) is 1. The third-order valence-corrected chi connectivity index (χ3v) is 3.46. The van der Waals surface area contributed by atoms with Gasteiger partial charge in [0.15, 0.2) is 0 Å². The number of rotatable bonds is 4. The van der Waals surface area contributed by atoms with E-state index in [0.717, 1.165) is 26.8 Å². The van der Waals surface area contributed by atoms with Crippen molar-refractivity contribution in [3.63, 3.8) is 0 Å². The quantitative estimate of drug-likeness (QED) is 0.511. The molecule has 0 unspecified atom stereocenters. The number of hydrogen-bond acceptors (Lipinski definition) is 6. The lowest BCUT2D eigenvalue weighted by Crippen LogP contribution is -2.10. The molecule has 2 aromatic rings. The summed E-state index contributed by atoms with van der Waals surface area (Å²) in [5.74, 6) is 6.75. The van der Waals surface area contributed by atoms with Crippen molar-refractivity contribution in [3.05, 3.63) is 34.7 Å². The summed E-state index contributed by atoms with van der Waals surface area (Å²) >= 11 is 4.83. The van der Waals surface area contributed by atoms with E-state index in [9.17, 15) is 0 Å². The van der Waals surface area contributed by atoms with Gasteiger partial charge >= 0.3 is 0 Å². The van der Waals surface area contributed by atoms with E-state index in [0.29, 0.717) is 5.82 Å². The Morgan fingerprint density at radius 2 is 2.17 bits per heavy atom. The number of nitrogens with zero attached hydrogens (tertiary/aromatic N) is 3. The van der Waals surface area contributed by atoms with Crippen molar-refractivity contribution in [2.24, 2.45) is 5.84 Å². The van der Waals surface area contributed by atoms with Gasteiger partial charge in [-0.25, -0.2) is 20.8 Å². The monoisotopic (exact) mass is 325 g/mol. The molecule has 0 aliphatic heterocycles. The van der Waals surface area contributed by atoms with E-state index in [-0.39, 0.29) is 0 Å². The third kappa shape index (κ3) is 3.41. The van der Waals surface area contributed by atoms with Crippen LogP contribution in [0.25, 0.3) is 0 Å². The lowest BCUT2D eigenvalue weighted by Gasteiger charge is -2.05. The highest BCUT2D eigenvalue weighted by atomic mass is 79.9. The van der Waals surface area contributed by atoms with Crippen molar-refractivity contribution < 1.29 is 0 Å². The molecule has 2 aromatic heterocycles. The molecule has 0 aromatic carbocycles. The number of pyridine rings is 1. The molecule has 0 fully saturated rings. The van der Waals surface area contributed by atoms with Crippen LogP contribution < -0.4 is 11.3 Å². The van der Waals surface area contributed by atoms with Crippen molar-refractivity contribution in [1.82, 2.24) is 15.0 Å². The standard InChI is InChI=1S/C11H12BrN5S/c1-2-8-15-9(17-13)5-11(16-8)18-10-4-3-7(12)6-14-10/h3-6H,2,13H2,1H3,(H,15,16,17). The van der Waals surface area contributed by atoms with Gasteiger partial charge in [0.05, 0.1) is 0 Å². The average molecular weight is 326 g/mol. The van der Waals surface area contributed by atoms with Gasteiger partial charge in [0.2, 0.25) is 0 Å². The van der Waals surface area contributed by atoms with E-state index < -0.39 is 0 Å². The van der Waals surface area contributed by atoms with Crippen LogP contribution in [0.5, 0.6) is 0 Å². The molecule has 0 bridgehead atoms. The second-order valence-corrected chi connectivity index (χ2v) is 5.38. The Hall–Kier alpha value is -1.18. The number of nitrogen functional groups attached to an aromatic ring is 1. The van der Waals surface area contributed by atoms with E-state index in [2.05, 4.69) is 36.3 Å². The zero-order valence-electron chi connectivity index (χ0n) is 9.72. The van der Waals surface area contributed by atoms with E-state index in [1.165, 1.54) is 11.8 Å². The average Bonchev–Trinajstić information content (AvgIpc) is 2.41. The highest BCUT2D eigenvalue weighted by Crippen LogP contribution is 2.26. The molecule has 2 rings (SSSR count). The summed E-state index contributed by atoms with van der Waals surface area (Å²) in [7, 11) is 0. The predicted molar refractivity (Wildman–Crippen MR) is 75.3 cm³/mol. The van der Waals surface area contributed by atoms with E-state index >= 15 is 0 Å². The number of anilines is 1. The molecular formula is C11H12BrN5S. The van der Waals surface area contributed by atoms with Crippen molar-refractivity contribution in [2.75, 3.05) is 5.43 Å². The van der Waals surface area contributed by atoms with Crippen LogP contribution in [0.1, 0.15) is 12.7 Å². The van der Waals surface area contributed by atoms with Gasteiger partial charge in [0.25, 0.3) is 0 Å². The van der Waals surface area contributed by atoms with E-state index in [4.69, 9.17) is 5.84 Å². The van der Waals surface area contributed by atoms with Crippen LogP contribution in [0.4, 0.5) is 5.82 Å². The summed E-state index contributed by atoms with van der Waals surface area (Å²) in [5, 5.41) is 1.70. The van der Waals surface area contributed by atoms with Crippen LogP contribution in [-0.4, -0.2) is 15.0 Å². The highest BCUT2D eigenvalue weighted by molar-refractivity contribution is 9.10. The van der Waals surface area contributed by atoms with Crippen LogP contribution in [0.15, 0.2) is 38.9 Å². The van der Waals surface area contributed by atoms with Crippen molar-refractivity contribution in [2.45, 2.75) is 23.4 Å². The van der Waals surface area contributed by atoms with Gasteiger partial charge < -0.3 is 5.43 Å². The van der Waals surface area contributed by atoms with Crippen molar-refractivity contribution in [1.29, 1.82) is 0 Å². The molecule has 0 saturated carbocycles. The normalized spacial score (nSPS) is 10.4. The lowest BCUT2D eigenvalue weighted by atomic mass is 10.4. The van der Waals surface area contributed by atoms with E-state index in [1.54, 1.807) is 12.3 Å². The van der Waals surface area contributed by atoms with Crippen LogP contribution in [0, 0.1) is 0 Å². The maximum absolute atomic E-state index is 5.38. The zero-order chi connectivity index (χ0) is 13.0. The summed E-state index contributed by atoms with van der Waals surface area (Å²) in [6, 6.07) is 5.67. The first-order chi connectivity index (χ1) is 8.71. The van der Waals surface area contributed by atoms with Crippen LogP contribution in [0.2, 0.25) is 0 Å². The minimum absolute atomic E-state index is 0.612. The summed E-state index contributed by atoms with van der Waals surface area (Å²) in [6.07, 6.45) is 2.52. The Labute approximate surface area is 118 Å². The topological polar surface area (TPSA) is 76.7 Å². The summed E-state index contributed by atoms with van der Waals surface area (Å²) < 4.78 is 0.952. The largest absolute Gasteiger partial charge is 0.308 e. The van der Waals surface area contributed by atoms with Gasteiger partial charge in [-0.15, -0.1) is 0 Å². The summed E-state index contributed by atoms with van der Waals surface area (Å²) in [5.41, 5.74) is 2.54. The van der Waals surface area contributed by atoms with Gasteiger partial charge in [-0.05, 0) is 39.8 Å². The fourth-order valence-electron chi connectivity index (χ4n) is 1.29. The number of aromatic nitrogens is 3. The van der Waals surface area contributed by atoms with Crippen molar-refractivity contribution >= 4 is 33.5 Å². The van der Waals surface area contributed by atoms with Gasteiger partial charge in [-0.3, -0.25) is 0 Å². The zero-order valence-corrected chi connectivity index (χ0v) is 12.1. The number of aryl methyl sites for hydroxylation is 1. The first-order valence-electron chi connectivity index (χ1n) is 5.35. The number of hydrogen-bond donors (Lipinski definition) is 2. The molecule has 0 spiro atoms. The fraction of sp³-hybridized carbons (Fsp3) is 0.182. The molecule has 5 nitrogen and oxygen atoms in total. The van der Waals surface area contributed by atoms with Gasteiger partial charge in [-0.2, -0.15) is 0 Å². The summed E-state index contributed by atoms with van der Waals surface area (Å²) in [4.78, 5) is 12.9. The molecule has 2 heterocycles. The minimum Gasteiger partial charge on any atom is -0.308 e. The maximum Gasteiger partial charge on any atom is 0.144 e. The third-order valence-electron chi connectivity index (χ3n) is 2.12. The van der Waals surface area contributed by atoms with Crippen LogP contribution in [0.3, 0.4) is 0 Å². The molecule has 94 valence electrons. The highest BCUT2D eigenvalue weighted by Gasteiger charge is 2.05. The fourth-order valence-corrected chi connectivity index (χ4v) is 2.30. The molecule has 0 amide bonds. The molecule has 7 heteroatoms. The molecule has 18 heavy (non-hydrogen) atoms. The van der Waals surface area contributed by atoms with Crippen molar-refractivity contribution in [3.8, 4) is 0 Å². The Balaban J connectivity index is 2.25. The molecule has 0 atom stereocenters. The molecule has 0 radical (unpaired) electrons. The molecular weight excluding hydrogens is 314 g/mol. The molecule has 0 aliphatic rings. The lowest BCUT2D eigenvalue weighted by molar-refractivity contribution is 0.887. The maximum atomic E-state index is 5.38. The second kappa shape index (κ2) is 6.12. The van der Waals surface area contributed by atoms with Crippen LogP contribution >= 0.6 is 27.7 Å². The van der Waals surface area contributed by atoms with E-state index in [1.807, 2.05) is 19.1 Å². The second-order valence-electron chi connectivity index (χ2n) is 3.42. The molecule has 3 N–H and O–H groups in total. The number of hydrazine groups is 1.